The van der Waals surface area contributed by atoms with E-state index < -0.39 is 0 Å². The van der Waals surface area contributed by atoms with Crippen molar-refractivity contribution in [1.29, 1.82) is 0 Å². The first-order valence-electron chi connectivity index (χ1n) is 48.3. The molecular weight excluding hydrogens is 1490 g/mol. The number of nitrogens with one attached hydrogen (secondary N) is 1. The SMILES string of the molecule is CCCCCCc1cccc(-c2cc(CCCCCC)ccc2NCc2ccc(/C=C/c3ccc(/C=C/c4ccc(/C=C/c5ccc6c(c5)C(CCCCCC)(CCCCCC)c5cc(/C=C/c7ccc(/C=C/c8ccc(/C=C/c9ccc(C%10c%11ccc(CCCCCC)cc%11-c%11cc(CCCCCC)ccc%11%10)cc9)cc8)cc7)ccc5-6)cc4)cc3)cc2)c1. The minimum absolute atomic E-state index is 0.0297. The third-order valence-electron chi connectivity index (χ3n) is 26.4. The molecule has 0 aliphatic heterocycles. The molecule has 0 saturated carbocycles. The summed E-state index contributed by atoms with van der Waals surface area (Å²) < 4.78 is 0. The van der Waals surface area contributed by atoms with Crippen LogP contribution in [0, 0.1) is 0 Å². The Balaban J connectivity index is 0.577. The molecule has 0 heterocycles. The smallest absolute Gasteiger partial charge is 0.0422 e. The van der Waals surface area contributed by atoms with Crippen LogP contribution in [-0.4, -0.2) is 0 Å². The highest BCUT2D eigenvalue weighted by Crippen LogP contribution is 2.56. The van der Waals surface area contributed by atoms with Crippen LogP contribution in [0.5, 0.6) is 0 Å². The quantitative estimate of drug-likeness (QED) is 0.0296. The number of benzene rings is 12. The van der Waals surface area contributed by atoms with Crippen molar-refractivity contribution >= 4 is 78.6 Å². The van der Waals surface area contributed by atoms with Crippen molar-refractivity contribution in [2.24, 2.45) is 0 Å². The van der Waals surface area contributed by atoms with Gasteiger partial charge in [0.15, 0.2) is 0 Å². The molecule has 0 spiro atoms. The topological polar surface area (TPSA) is 12.0 Å². The second kappa shape index (κ2) is 46.6. The molecule has 1 N–H and O–H groups in total. The van der Waals surface area contributed by atoms with Crippen LogP contribution in [0.4, 0.5) is 5.69 Å². The fourth-order valence-corrected chi connectivity index (χ4v) is 19.0. The monoisotopic (exact) mass is 1630 g/mol. The van der Waals surface area contributed by atoms with E-state index in [1.165, 1.54) is 328 Å². The van der Waals surface area contributed by atoms with Crippen LogP contribution >= 0.6 is 0 Å². The van der Waals surface area contributed by atoms with Gasteiger partial charge in [0.25, 0.3) is 0 Å². The largest absolute Gasteiger partial charge is 0.380 e. The lowest BCUT2D eigenvalue weighted by atomic mass is 9.70. The average molecular weight is 1630 g/mol. The standard InChI is InChI=1S/C123H137N/c1-7-13-19-25-32-103-36-31-37-111(86-103)116-87-106(35-28-22-16-10-4)76-83-121(116)124-92-109-68-64-101(65-69-109)59-54-95-42-38-93(39-43-95)40-44-96-50-55-99(56-51-96)62-66-107-72-79-112-113-80-73-108(91-120(113)123(119(112)90-107,84-29-23-17-11-5)85-30-24-18-12-6)67-63-100-57-52-97(53-58-100)45-41-94-46-48-98(49-47-94)60-61-102-70-77-110(78-71-102)122-114-81-74-104(33-26-20-14-8-2)88-117(114)118-89-105(75-82-115(118)122)34-27-21-15-9-3/h31,36-83,86-91,122,124H,7-30,32-35,84-85,92H2,1-6H3/b44-40+,45-41+,59-54+,61-60+,66-62+,67-63+. The molecule has 0 bridgehead atoms. The molecule has 124 heavy (non-hydrogen) atoms. The molecule has 0 amide bonds. The van der Waals surface area contributed by atoms with Crippen LogP contribution < -0.4 is 5.32 Å². The maximum atomic E-state index is 3.84. The Kier molecular flexibility index (Phi) is 33.5. The van der Waals surface area contributed by atoms with E-state index in [-0.39, 0.29) is 11.3 Å². The van der Waals surface area contributed by atoms with E-state index in [0.717, 1.165) is 32.2 Å². The molecule has 0 fully saturated rings. The van der Waals surface area contributed by atoms with Gasteiger partial charge in [-0.25, -0.2) is 0 Å². The highest BCUT2D eigenvalue weighted by Gasteiger charge is 2.42. The molecule has 12 aromatic rings. The molecule has 1 nitrogen and oxygen atoms in total. The fourth-order valence-electron chi connectivity index (χ4n) is 19.0. The Labute approximate surface area is 747 Å². The highest BCUT2D eigenvalue weighted by atomic mass is 14.9. The third kappa shape index (κ3) is 24.7. The normalized spacial score (nSPS) is 13.0. The van der Waals surface area contributed by atoms with Crippen LogP contribution in [0.15, 0.2) is 261 Å². The van der Waals surface area contributed by atoms with Crippen LogP contribution in [0.25, 0.3) is 106 Å². The minimum Gasteiger partial charge on any atom is -0.380 e. The maximum Gasteiger partial charge on any atom is 0.0422 e. The fraction of sp³-hybridized carbons (Fsp3) is 0.317. The van der Waals surface area contributed by atoms with Crippen molar-refractivity contribution in [3.8, 4) is 33.4 Å². The zero-order chi connectivity index (χ0) is 85.3. The van der Waals surface area contributed by atoms with Gasteiger partial charge in [0.1, 0.15) is 0 Å². The number of rotatable bonds is 47. The van der Waals surface area contributed by atoms with Crippen LogP contribution in [-0.2, 0) is 37.6 Å². The van der Waals surface area contributed by atoms with Gasteiger partial charge < -0.3 is 5.32 Å². The number of unbranched alkanes of at least 4 members (excludes halogenated alkanes) is 18. The van der Waals surface area contributed by atoms with E-state index in [1.54, 1.807) is 0 Å². The number of hydrogen-bond donors (Lipinski definition) is 1. The lowest BCUT2D eigenvalue weighted by Gasteiger charge is -2.33. The maximum absolute atomic E-state index is 3.84. The van der Waals surface area contributed by atoms with Gasteiger partial charge in [0, 0.05) is 29.1 Å². The van der Waals surface area contributed by atoms with Crippen LogP contribution in [0.1, 0.15) is 337 Å². The predicted octanol–water partition coefficient (Wildman–Crippen LogP) is 35.8. The van der Waals surface area contributed by atoms with Gasteiger partial charge in [0.2, 0.25) is 0 Å². The van der Waals surface area contributed by atoms with Crippen molar-refractivity contribution in [2.75, 3.05) is 5.32 Å². The molecule has 1 heteroatoms. The van der Waals surface area contributed by atoms with Crippen molar-refractivity contribution in [1.82, 2.24) is 0 Å². The minimum atomic E-state index is -0.0297. The van der Waals surface area contributed by atoms with E-state index in [1.807, 2.05) is 0 Å². The van der Waals surface area contributed by atoms with Crippen LogP contribution in [0.3, 0.4) is 0 Å². The van der Waals surface area contributed by atoms with Gasteiger partial charge >= 0.3 is 0 Å². The summed E-state index contributed by atoms with van der Waals surface area (Å²) in [6.07, 6.45) is 64.8. The molecular formula is C123H137N. The molecule has 2 aliphatic carbocycles. The first-order valence-corrected chi connectivity index (χ1v) is 48.3. The summed E-state index contributed by atoms with van der Waals surface area (Å²) in [4.78, 5) is 0. The number of aryl methyl sites for hydroxylation is 4. The molecule has 0 saturated heterocycles. The second-order valence-corrected chi connectivity index (χ2v) is 35.8. The molecule has 0 radical (unpaired) electrons. The Morgan fingerprint density at radius 3 is 0.879 bits per heavy atom. The Bertz CT molecular complexity index is 5460. The summed E-state index contributed by atoms with van der Waals surface area (Å²) in [5, 5.41) is 3.84. The zero-order valence-electron chi connectivity index (χ0n) is 75.8. The van der Waals surface area contributed by atoms with Crippen molar-refractivity contribution in [3.63, 3.8) is 0 Å². The second-order valence-electron chi connectivity index (χ2n) is 35.8. The Morgan fingerprint density at radius 1 is 0.234 bits per heavy atom. The summed E-state index contributed by atoms with van der Waals surface area (Å²) in [7, 11) is 0. The molecule has 14 rings (SSSR count). The van der Waals surface area contributed by atoms with Crippen molar-refractivity contribution < 1.29 is 0 Å². The van der Waals surface area contributed by atoms with E-state index >= 15 is 0 Å². The summed E-state index contributed by atoms with van der Waals surface area (Å²) in [6.45, 7) is 14.6. The summed E-state index contributed by atoms with van der Waals surface area (Å²) in [5.41, 5.74) is 38.5. The Hall–Kier alpha value is -11.1. The lowest BCUT2D eigenvalue weighted by Crippen LogP contribution is -2.25. The van der Waals surface area contributed by atoms with Gasteiger partial charge in [-0.1, -0.05) is 492 Å². The molecule has 0 aromatic heterocycles. The van der Waals surface area contributed by atoms with E-state index in [0.29, 0.717) is 0 Å². The van der Waals surface area contributed by atoms with Gasteiger partial charge in [-0.15, -0.1) is 0 Å². The predicted molar refractivity (Wildman–Crippen MR) is 546 cm³/mol. The van der Waals surface area contributed by atoms with Crippen molar-refractivity contribution in [2.45, 2.75) is 252 Å². The molecule has 12 aromatic carbocycles. The van der Waals surface area contributed by atoms with Gasteiger partial charge in [0.05, 0.1) is 0 Å². The van der Waals surface area contributed by atoms with Gasteiger partial charge in [-0.3, -0.25) is 0 Å². The first kappa shape index (κ1) is 89.2. The summed E-state index contributed by atoms with van der Waals surface area (Å²) in [6, 6.07) is 100.0. The Morgan fingerprint density at radius 2 is 0.524 bits per heavy atom. The highest BCUT2D eigenvalue weighted by molar-refractivity contribution is 5.87. The number of fused-ring (bicyclic) bond motifs is 6. The molecule has 0 unspecified atom stereocenters. The number of anilines is 1. The number of hydrogen-bond acceptors (Lipinski definition) is 1. The average Bonchev–Trinajstić information content (AvgIpc) is 1.57. The summed E-state index contributed by atoms with van der Waals surface area (Å²) in [5.74, 6) is 0.256. The van der Waals surface area contributed by atoms with E-state index in [9.17, 15) is 0 Å². The van der Waals surface area contributed by atoms with E-state index in [4.69, 9.17) is 0 Å². The van der Waals surface area contributed by atoms with E-state index in [2.05, 4.69) is 381 Å². The molecule has 0 atom stereocenters. The molecule has 2 aliphatic rings. The van der Waals surface area contributed by atoms with Gasteiger partial charge in [-0.2, -0.15) is 0 Å². The van der Waals surface area contributed by atoms with Crippen molar-refractivity contribution in [3.05, 3.63) is 383 Å². The summed E-state index contributed by atoms with van der Waals surface area (Å²) >= 11 is 0. The lowest BCUT2D eigenvalue weighted by molar-refractivity contribution is 0.401. The molecule has 634 valence electrons. The zero-order valence-corrected chi connectivity index (χ0v) is 75.8. The van der Waals surface area contributed by atoms with Crippen LogP contribution in [0.2, 0.25) is 0 Å². The third-order valence-corrected chi connectivity index (χ3v) is 26.4. The van der Waals surface area contributed by atoms with Gasteiger partial charge in [-0.05, 0) is 227 Å². The first-order chi connectivity index (χ1) is 61.1.